The number of imidazole rings is 1. The standard InChI is InChI=1S/C16H10N4/c1-3-7-13-11(5-1)14-9-10-17-20(14)16-18-12-6-2-4-8-15(12)19(13)16/h1-10H. The van der Waals surface area contributed by atoms with E-state index in [4.69, 9.17) is 4.98 Å². The van der Waals surface area contributed by atoms with Crippen LogP contribution in [-0.4, -0.2) is 19.0 Å². The number of fused-ring (bicyclic) bond motifs is 8. The van der Waals surface area contributed by atoms with Crippen LogP contribution in [-0.2, 0) is 0 Å². The van der Waals surface area contributed by atoms with Crippen LogP contribution in [0.4, 0.5) is 0 Å². The van der Waals surface area contributed by atoms with E-state index in [1.807, 2.05) is 35.0 Å². The normalized spacial score (nSPS) is 12.0. The van der Waals surface area contributed by atoms with Gasteiger partial charge < -0.3 is 0 Å². The van der Waals surface area contributed by atoms with E-state index in [9.17, 15) is 0 Å². The second kappa shape index (κ2) is 3.36. The van der Waals surface area contributed by atoms with Gasteiger partial charge in [0, 0.05) is 5.39 Å². The van der Waals surface area contributed by atoms with Crippen molar-refractivity contribution < 1.29 is 0 Å². The lowest BCUT2D eigenvalue weighted by Gasteiger charge is -2.05. The van der Waals surface area contributed by atoms with Crippen molar-refractivity contribution >= 4 is 33.2 Å². The Morgan fingerprint density at radius 2 is 1.55 bits per heavy atom. The lowest BCUT2D eigenvalue weighted by atomic mass is 10.2. The molecule has 5 rings (SSSR count). The van der Waals surface area contributed by atoms with Gasteiger partial charge in [0.2, 0.25) is 5.78 Å². The fourth-order valence-electron chi connectivity index (χ4n) is 2.94. The maximum absolute atomic E-state index is 4.73. The molecule has 0 aliphatic carbocycles. The first-order valence-electron chi connectivity index (χ1n) is 6.55. The highest BCUT2D eigenvalue weighted by Gasteiger charge is 2.12. The zero-order chi connectivity index (χ0) is 13.1. The number of benzene rings is 2. The van der Waals surface area contributed by atoms with E-state index in [0.717, 1.165) is 27.8 Å². The maximum Gasteiger partial charge on any atom is 0.237 e. The molecule has 2 aromatic carbocycles. The van der Waals surface area contributed by atoms with Crippen molar-refractivity contribution in [1.82, 2.24) is 19.0 Å². The Hall–Kier alpha value is -2.88. The van der Waals surface area contributed by atoms with Crippen LogP contribution in [0.15, 0.2) is 60.8 Å². The summed E-state index contributed by atoms with van der Waals surface area (Å²) in [5, 5.41) is 5.61. The minimum Gasteiger partial charge on any atom is -0.276 e. The highest BCUT2D eigenvalue weighted by Crippen LogP contribution is 2.26. The molecule has 0 aliphatic rings. The van der Waals surface area contributed by atoms with E-state index in [1.165, 1.54) is 5.39 Å². The van der Waals surface area contributed by atoms with Gasteiger partial charge in [-0.25, -0.2) is 4.98 Å². The fourth-order valence-corrected chi connectivity index (χ4v) is 2.94. The molecule has 3 aromatic heterocycles. The largest absolute Gasteiger partial charge is 0.276 e. The topological polar surface area (TPSA) is 34.6 Å². The highest BCUT2D eigenvalue weighted by atomic mass is 15.3. The summed E-state index contributed by atoms with van der Waals surface area (Å²) >= 11 is 0. The zero-order valence-electron chi connectivity index (χ0n) is 10.6. The average molecular weight is 258 g/mol. The van der Waals surface area contributed by atoms with Crippen molar-refractivity contribution in [2.45, 2.75) is 0 Å². The number of para-hydroxylation sites is 3. The molecule has 0 N–H and O–H groups in total. The first kappa shape index (κ1) is 9.97. The summed E-state index contributed by atoms with van der Waals surface area (Å²) in [6.45, 7) is 0. The van der Waals surface area contributed by atoms with Gasteiger partial charge in [0.05, 0.1) is 28.3 Å². The molecule has 4 nitrogen and oxygen atoms in total. The SMILES string of the molecule is c1ccc2c(c1)nc1n3nccc3c3ccccc3n21. The van der Waals surface area contributed by atoms with E-state index in [1.54, 1.807) is 0 Å². The molecule has 94 valence electrons. The average Bonchev–Trinajstić information content (AvgIpc) is 3.12. The minimum atomic E-state index is 0.852. The van der Waals surface area contributed by atoms with E-state index in [0.29, 0.717) is 0 Å². The smallest absolute Gasteiger partial charge is 0.237 e. The zero-order valence-corrected chi connectivity index (χ0v) is 10.6. The number of aromatic nitrogens is 4. The van der Waals surface area contributed by atoms with Gasteiger partial charge in [-0.05, 0) is 24.3 Å². The summed E-state index contributed by atoms with van der Waals surface area (Å²) in [5.74, 6) is 0.852. The van der Waals surface area contributed by atoms with Crippen molar-refractivity contribution in [3.8, 4) is 0 Å². The van der Waals surface area contributed by atoms with Crippen LogP contribution in [0.25, 0.3) is 33.2 Å². The molecular formula is C16H10N4. The van der Waals surface area contributed by atoms with Crippen LogP contribution in [0.3, 0.4) is 0 Å². The van der Waals surface area contributed by atoms with Gasteiger partial charge in [-0.1, -0.05) is 30.3 Å². The molecule has 5 aromatic rings. The Labute approximate surface area is 113 Å². The lowest BCUT2D eigenvalue weighted by Crippen LogP contribution is -1.98. The third-order valence-electron chi connectivity index (χ3n) is 3.80. The van der Waals surface area contributed by atoms with Gasteiger partial charge in [-0.3, -0.25) is 4.40 Å². The quantitative estimate of drug-likeness (QED) is 0.427. The summed E-state index contributed by atoms with van der Waals surface area (Å²) in [5.41, 5.74) is 4.34. The molecule has 4 heteroatoms. The van der Waals surface area contributed by atoms with Crippen LogP contribution in [0.5, 0.6) is 0 Å². The Morgan fingerprint density at radius 3 is 2.50 bits per heavy atom. The van der Waals surface area contributed by atoms with Crippen molar-refractivity contribution in [1.29, 1.82) is 0 Å². The summed E-state index contributed by atoms with van der Waals surface area (Å²) in [4.78, 5) is 4.73. The number of nitrogens with zero attached hydrogens (tertiary/aromatic N) is 4. The van der Waals surface area contributed by atoms with E-state index in [2.05, 4.69) is 39.8 Å². The predicted octanol–water partition coefficient (Wildman–Crippen LogP) is 3.29. The second-order valence-corrected chi connectivity index (χ2v) is 4.88. The van der Waals surface area contributed by atoms with Crippen LogP contribution in [0.2, 0.25) is 0 Å². The third-order valence-corrected chi connectivity index (χ3v) is 3.80. The fraction of sp³-hybridized carbons (Fsp3) is 0. The molecule has 0 amide bonds. The monoisotopic (exact) mass is 258 g/mol. The van der Waals surface area contributed by atoms with Gasteiger partial charge >= 0.3 is 0 Å². The third kappa shape index (κ3) is 1.07. The molecule has 0 saturated heterocycles. The van der Waals surface area contributed by atoms with Gasteiger partial charge in [0.1, 0.15) is 0 Å². The van der Waals surface area contributed by atoms with E-state index >= 15 is 0 Å². The molecule has 0 saturated carbocycles. The van der Waals surface area contributed by atoms with Crippen LogP contribution >= 0.6 is 0 Å². The Morgan fingerprint density at radius 1 is 0.750 bits per heavy atom. The van der Waals surface area contributed by atoms with Gasteiger partial charge in [-0.15, -0.1) is 0 Å². The molecule has 3 heterocycles. The van der Waals surface area contributed by atoms with Gasteiger partial charge in [0.25, 0.3) is 0 Å². The summed E-state index contributed by atoms with van der Waals surface area (Å²) < 4.78 is 4.08. The van der Waals surface area contributed by atoms with Crippen LogP contribution in [0.1, 0.15) is 0 Å². The molecule has 0 unspecified atom stereocenters. The number of hydrogen-bond acceptors (Lipinski definition) is 2. The van der Waals surface area contributed by atoms with Crippen LogP contribution in [0, 0.1) is 0 Å². The maximum atomic E-state index is 4.73. The lowest BCUT2D eigenvalue weighted by molar-refractivity contribution is 0.954. The molecule has 20 heavy (non-hydrogen) atoms. The molecule has 0 atom stereocenters. The molecule has 0 aliphatic heterocycles. The highest BCUT2D eigenvalue weighted by molar-refractivity contribution is 5.98. The van der Waals surface area contributed by atoms with Gasteiger partial charge in [0.15, 0.2) is 0 Å². The van der Waals surface area contributed by atoms with Crippen molar-refractivity contribution in [3.63, 3.8) is 0 Å². The minimum absolute atomic E-state index is 0.852. The van der Waals surface area contributed by atoms with E-state index < -0.39 is 0 Å². The number of hydrogen-bond donors (Lipinski definition) is 0. The van der Waals surface area contributed by atoms with Crippen LogP contribution < -0.4 is 0 Å². The summed E-state index contributed by atoms with van der Waals surface area (Å²) in [7, 11) is 0. The summed E-state index contributed by atoms with van der Waals surface area (Å²) in [6, 6.07) is 18.6. The molecule has 0 bridgehead atoms. The van der Waals surface area contributed by atoms with Crippen molar-refractivity contribution in [3.05, 3.63) is 60.8 Å². The summed E-state index contributed by atoms with van der Waals surface area (Å²) in [6.07, 6.45) is 1.82. The Bertz CT molecular complexity index is 1100. The second-order valence-electron chi connectivity index (χ2n) is 4.88. The van der Waals surface area contributed by atoms with Crippen molar-refractivity contribution in [2.75, 3.05) is 0 Å². The Kier molecular flexibility index (Phi) is 1.68. The molecule has 0 fully saturated rings. The molecule has 0 radical (unpaired) electrons. The molecular weight excluding hydrogens is 248 g/mol. The van der Waals surface area contributed by atoms with E-state index in [-0.39, 0.29) is 0 Å². The predicted molar refractivity (Wildman–Crippen MR) is 79.0 cm³/mol. The van der Waals surface area contributed by atoms with Gasteiger partial charge in [-0.2, -0.15) is 9.61 Å². The molecule has 0 spiro atoms. The number of rotatable bonds is 0. The first-order valence-corrected chi connectivity index (χ1v) is 6.55. The van der Waals surface area contributed by atoms with Crippen molar-refractivity contribution in [2.24, 2.45) is 0 Å². The first-order chi connectivity index (χ1) is 9.93. The Balaban J connectivity index is 2.27.